The van der Waals surface area contributed by atoms with Gasteiger partial charge in [0.2, 0.25) is 0 Å². The Labute approximate surface area is 218 Å². The number of nitrogens with zero attached hydrogens (tertiary/aromatic N) is 2. The zero-order chi connectivity index (χ0) is 29.2. The third-order valence-corrected chi connectivity index (χ3v) is 6.03. The monoisotopic (exact) mass is 572 g/mol. The summed E-state index contributed by atoms with van der Waals surface area (Å²) in [7, 11) is -6.11. The lowest BCUT2D eigenvalue weighted by Gasteiger charge is -2.15. The molecule has 15 heteroatoms. The van der Waals surface area contributed by atoms with E-state index < -0.39 is 50.8 Å². The first-order valence-electron chi connectivity index (χ1n) is 10.8. The number of rotatable bonds is 6. The smallest absolute Gasteiger partial charge is 0.354 e. The Morgan fingerprint density at radius 2 is 1.59 bits per heavy atom. The average Bonchev–Trinajstić information content (AvgIpc) is 2.82. The van der Waals surface area contributed by atoms with Gasteiger partial charge in [0, 0.05) is 22.6 Å². The third-order valence-electron chi connectivity index (χ3n) is 5.08. The third kappa shape index (κ3) is 6.96. The Morgan fingerprint density at radius 1 is 0.974 bits per heavy atom. The Bertz CT molecular complexity index is 1530. The molecule has 1 aromatic heterocycles. The standard InChI is InChI=1S/C24H18F6N4O4S/c1-13(2)20-11-18(19(12-31)21(34-20)38-39(36,37)24(28,29)30)14-6-8-16(9-7-14)32-22(35)33-17-5-3-4-15(10-17)23(25,26)27/h3-11,13H,1-2H3,(H2,32,33,35). The maximum Gasteiger partial charge on any atom is 0.534 e. The van der Waals surface area contributed by atoms with Crippen molar-refractivity contribution in [3.8, 4) is 23.1 Å². The van der Waals surface area contributed by atoms with Gasteiger partial charge in [0.05, 0.1) is 5.56 Å². The van der Waals surface area contributed by atoms with Crippen LogP contribution in [0.5, 0.6) is 5.88 Å². The van der Waals surface area contributed by atoms with Crippen molar-refractivity contribution in [2.75, 3.05) is 10.6 Å². The zero-order valence-corrected chi connectivity index (χ0v) is 20.8. The van der Waals surface area contributed by atoms with Crippen molar-refractivity contribution in [2.24, 2.45) is 0 Å². The van der Waals surface area contributed by atoms with Crippen LogP contribution in [0.3, 0.4) is 0 Å². The highest BCUT2D eigenvalue weighted by Gasteiger charge is 2.49. The molecule has 0 saturated heterocycles. The summed E-state index contributed by atoms with van der Waals surface area (Å²) in [6, 6.07) is 11.6. The summed E-state index contributed by atoms with van der Waals surface area (Å²) in [6.45, 7) is 3.27. The summed E-state index contributed by atoms with van der Waals surface area (Å²) < 4.78 is 105. The first-order valence-corrected chi connectivity index (χ1v) is 12.2. The maximum atomic E-state index is 12.9. The van der Waals surface area contributed by atoms with Crippen molar-refractivity contribution in [1.82, 2.24) is 4.98 Å². The summed E-state index contributed by atoms with van der Waals surface area (Å²) in [5.74, 6) is -1.44. The minimum absolute atomic E-state index is 0.0172. The second-order valence-corrected chi connectivity index (χ2v) is 9.80. The topological polar surface area (TPSA) is 121 Å². The number of amides is 2. The van der Waals surface area contributed by atoms with Gasteiger partial charge in [0.15, 0.2) is 0 Å². The maximum absolute atomic E-state index is 12.9. The molecule has 1 heterocycles. The molecule has 0 unspecified atom stereocenters. The second-order valence-electron chi connectivity index (χ2n) is 8.26. The van der Waals surface area contributed by atoms with Crippen LogP contribution in [0.1, 0.15) is 36.6 Å². The molecular weight excluding hydrogens is 554 g/mol. The van der Waals surface area contributed by atoms with E-state index >= 15 is 0 Å². The summed E-state index contributed by atoms with van der Waals surface area (Å²) >= 11 is 0. The van der Waals surface area contributed by atoms with E-state index in [-0.39, 0.29) is 28.2 Å². The number of carbonyl (C=O) groups excluding carboxylic acids is 1. The average molecular weight is 572 g/mol. The number of carbonyl (C=O) groups is 1. The van der Waals surface area contributed by atoms with Crippen LogP contribution in [0.2, 0.25) is 0 Å². The van der Waals surface area contributed by atoms with Crippen molar-refractivity contribution in [3.63, 3.8) is 0 Å². The van der Waals surface area contributed by atoms with Gasteiger partial charge in [-0.05, 0) is 47.9 Å². The molecular formula is C24H18F6N4O4S. The number of aromatic nitrogens is 1. The molecule has 0 fully saturated rings. The van der Waals surface area contributed by atoms with Crippen LogP contribution in [0.4, 0.5) is 42.5 Å². The van der Waals surface area contributed by atoms with E-state index in [1.807, 2.05) is 0 Å². The van der Waals surface area contributed by atoms with E-state index in [0.29, 0.717) is 0 Å². The number of hydrogen-bond donors (Lipinski definition) is 2. The van der Waals surface area contributed by atoms with E-state index in [2.05, 4.69) is 19.8 Å². The lowest BCUT2D eigenvalue weighted by molar-refractivity contribution is -0.137. The van der Waals surface area contributed by atoms with Crippen LogP contribution in [0.15, 0.2) is 54.6 Å². The number of urea groups is 1. The highest BCUT2D eigenvalue weighted by Crippen LogP contribution is 2.35. The van der Waals surface area contributed by atoms with Crippen LogP contribution in [0, 0.1) is 11.3 Å². The van der Waals surface area contributed by atoms with Crippen LogP contribution >= 0.6 is 0 Å². The predicted molar refractivity (Wildman–Crippen MR) is 128 cm³/mol. The van der Waals surface area contributed by atoms with Gasteiger partial charge < -0.3 is 14.8 Å². The first kappa shape index (κ1) is 29.2. The largest absolute Gasteiger partial charge is 0.534 e. The number of pyridine rings is 1. The van der Waals surface area contributed by atoms with Crippen molar-refractivity contribution >= 4 is 27.5 Å². The lowest BCUT2D eigenvalue weighted by atomic mass is 9.98. The molecule has 0 spiro atoms. The van der Waals surface area contributed by atoms with Crippen molar-refractivity contribution in [1.29, 1.82) is 5.26 Å². The molecule has 39 heavy (non-hydrogen) atoms. The Hall–Kier alpha value is -4.32. The fraction of sp³-hybridized carbons (Fsp3) is 0.208. The van der Waals surface area contributed by atoms with E-state index in [0.717, 1.165) is 18.2 Å². The van der Waals surface area contributed by atoms with Crippen LogP contribution in [-0.4, -0.2) is 24.9 Å². The quantitative estimate of drug-likeness (QED) is 0.194. The number of halogens is 6. The molecule has 0 aliphatic rings. The first-order chi connectivity index (χ1) is 18.0. The number of nitriles is 1. The van der Waals surface area contributed by atoms with E-state index in [9.17, 15) is 44.8 Å². The van der Waals surface area contributed by atoms with Crippen LogP contribution < -0.4 is 14.8 Å². The molecule has 8 nitrogen and oxygen atoms in total. The number of alkyl halides is 6. The van der Waals surface area contributed by atoms with Crippen LogP contribution in [-0.2, 0) is 16.3 Å². The second kappa shape index (κ2) is 10.8. The van der Waals surface area contributed by atoms with Gasteiger partial charge in [-0.15, -0.1) is 0 Å². The van der Waals surface area contributed by atoms with Gasteiger partial charge in [0.25, 0.3) is 5.88 Å². The highest BCUT2D eigenvalue weighted by molar-refractivity contribution is 7.88. The van der Waals surface area contributed by atoms with Gasteiger partial charge in [0.1, 0.15) is 11.6 Å². The lowest BCUT2D eigenvalue weighted by Crippen LogP contribution is -2.28. The van der Waals surface area contributed by atoms with Gasteiger partial charge in [-0.2, -0.15) is 40.0 Å². The highest BCUT2D eigenvalue weighted by atomic mass is 32.2. The number of nitrogens with one attached hydrogen (secondary N) is 2. The molecule has 0 bridgehead atoms. The van der Waals surface area contributed by atoms with Gasteiger partial charge in [-0.3, -0.25) is 0 Å². The molecule has 0 aliphatic carbocycles. The molecule has 2 amide bonds. The zero-order valence-electron chi connectivity index (χ0n) is 20.0. The molecule has 0 saturated carbocycles. The molecule has 2 aromatic carbocycles. The summed E-state index contributed by atoms with van der Waals surface area (Å²) in [4.78, 5) is 16.0. The Morgan fingerprint density at radius 3 is 2.13 bits per heavy atom. The molecule has 3 rings (SSSR count). The van der Waals surface area contributed by atoms with Crippen molar-refractivity contribution in [3.05, 3.63) is 71.4 Å². The predicted octanol–water partition coefficient (Wildman–Crippen LogP) is 6.63. The molecule has 0 atom stereocenters. The number of anilines is 2. The summed E-state index contributed by atoms with van der Waals surface area (Å²) in [5.41, 5.74) is -6.82. The number of benzene rings is 2. The van der Waals surface area contributed by atoms with Gasteiger partial charge >= 0.3 is 27.8 Å². The summed E-state index contributed by atoms with van der Waals surface area (Å²) in [6.07, 6.45) is -4.60. The SMILES string of the molecule is CC(C)c1cc(-c2ccc(NC(=O)Nc3cccc(C(F)(F)F)c3)cc2)c(C#N)c(OS(=O)(=O)C(F)(F)F)n1. The van der Waals surface area contributed by atoms with Crippen molar-refractivity contribution < 1.29 is 43.7 Å². The van der Waals surface area contributed by atoms with Crippen molar-refractivity contribution in [2.45, 2.75) is 31.5 Å². The van der Waals surface area contributed by atoms with Gasteiger partial charge in [-0.1, -0.05) is 32.0 Å². The Balaban J connectivity index is 1.89. The summed E-state index contributed by atoms with van der Waals surface area (Å²) in [5, 5.41) is 14.3. The van der Waals surface area contributed by atoms with E-state index in [4.69, 9.17) is 0 Å². The molecule has 0 aliphatic heterocycles. The van der Waals surface area contributed by atoms with E-state index in [1.165, 1.54) is 36.4 Å². The molecule has 0 radical (unpaired) electrons. The minimum atomic E-state index is -6.11. The fourth-order valence-electron chi connectivity index (χ4n) is 3.18. The molecule has 3 aromatic rings. The minimum Gasteiger partial charge on any atom is -0.354 e. The van der Waals surface area contributed by atoms with E-state index in [1.54, 1.807) is 19.9 Å². The molecule has 206 valence electrons. The number of hydrogen-bond acceptors (Lipinski definition) is 6. The molecule has 2 N–H and O–H groups in total. The normalized spacial score (nSPS) is 12.1. The van der Waals surface area contributed by atoms with Crippen LogP contribution in [0.25, 0.3) is 11.1 Å². The fourth-order valence-corrected chi connectivity index (χ4v) is 3.61. The Kier molecular flexibility index (Phi) is 8.11. The van der Waals surface area contributed by atoms with Gasteiger partial charge in [-0.25, -0.2) is 9.78 Å².